The lowest BCUT2D eigenvalue weighted by atomic mass is 10.0. The van der Waals surface area contributed by atoms with Crippen LogP contribution in [-0.2, 0) is 10.5 Å². The second-order valence-electron chi connectivity index (χ2n) is 4.31. The van der Waals surface area contributed by atoms with Crippen molar-refractivity contribution in [1.82, 2.24) is 5.32 Å². The number of ether oxygens (including phenoxy) is 1. The van der Waals surface area contributed by atoms with Gasteiger partial charge in [0.15, 0.2) is 0 Å². The maximum Gasteiger partial charge on any atom is 0.143 e. The molecule has 1 aliphatic rings. The summed E-state index contributed by atoms with van der Waals surface area (Å²) in [5.41, 5.74) is 0.809. The number of benzene rings is 1. The van der Waals surface area contributed by atoms with Crippen molar-refractivity contribution >= 4 is 15.9 Å². The molecule has 2 rings (SSSR count). The lowest BCUT2D eigenvalue weighted by Gasteiger charge is -2.38. The number of halogens is 1. The van der Waals surface area contributed by atoms with Crippen molar-refractivity contribution in [2.45, 2.75) is 19.6 Å². The SMILES string of the molecule is CC1CNC(C)(c2ccccc2Br)OC1. The first-order valence-corrected chi connectivity index (χ1v) is 6.05. The summed E-state index contributed by atoms with van der Waals surface area (Å²) < 4.78 is 7.00. The van der Waals surface area contributed by atoms with Crippen LogP contribution in [0.4, 0.5) is 0 Å². The number of nitrogens with one attached hydrogen (secondary N) is 1. The van der Waals surface area contributed by atoms with Gasteiger partial charge < -0.3 is 4.74 Å². The van der Waals surface area contributed by atoms with E-state index in [0.717, 1.165) is 23.2 Å². The molecule has 1 fully saturated rings. The third kappa shape index (κ3) is 2.25. The molecule has 1 aromatic carbocycles. The lowest BCUT2D eigenvalue weighted by molar-refractivity contribution is -0.107. The summed E-state index contributed by atoms with van der Waals surface area (Å²) in [5.74, 6) is 0.584. The van der Waals surface area contributed by atoms with Crippen LogP contribution in [0.3, 0.4) is 0 Å². The van der Waals surface area contributed by atoms with Gasteiger partial charge in [0.05, 0.1) is 6.61 Å². The molecule has 15 heavy (non-hydrogen) atoms. The molecule has 0 bridgehead atoms. The third-order valence-corrected chi connectivity index (χ3v) is 3.52. The molecule has 0 aromatic heterocycles. The molecule has 2 atom stereocenters. The summed E-state index contributed by atoms with van der Waals surface area (Å²) in [4.78, 5) is 0. The van der Waals surface area contributed by atoms with Crippen LogP contribution in [0, 0.1) is 5.92 Å². The predicted octanol–water partition coefficient (Wildman–Crippen LogP) is 2.88. The molecule has 0 radical (unpaired) electrons. The molecule has 2 unspecified atom stereocenters. The highest BCUT2D eigenvalue weighted by molar-refractivity contribution is 9.10. The molecule has 1 aromatic rings. The van der Waals surface area contributed by atoms with E-state index < -0.39 is 0 Å². The average molecular weight is 270 g/mol. The molecule has 0 amide bonds. The molecule has 0 spiro atoms. The van der Waals surface area contributed by atoms with E-state index in [1.807, 2.05) is 18.2 Å². The molecule has 1 heterocycles. The zero-order valence-electron chi connectivity index (χ0n) is 9.09. The zero-order valence-corrected chi connectivity index (χ0v) is 10.7. The third-order valence-electron chi connectivity index (χ3n) is 2.83. The minimum absolute atomic E-state index is 0.355. The Kier molecular flexibility index (Phi) is 3.14. The van der Waals surface area contributed by atoms with Crippen molar-refractivity contribution in [3.8, 4) is 0 Å². The van der Waals surface area contributed by atoms with Gasteiger partial charge in [-0.3, -0.25) is 5.32 Å². The fourth-order valence-corrected chi connectivity index (χ4v) is 2.47. The van der Waals surface area contributed by atoms with Crippen molar-refractivity contribution in [1.29, 1.82) is 0 Å². The minimum Gasteiger partial charge on any atom is -0.356 e. The van der Waals surface area contributed by atoms with E-state index in [9.17, 15) is 0 Å². The van der Waals surface area contributed by atoms with Gasteiger partial charge in [0.1, 0.15) is 5.72 Å². The molecule has 3 heteroatoms. The number of hydrogen-bond acceptors (Lipinski definition) is 2. The first-order valence-electron chi connectivity index (χ1n) is 5.26. The summed E-state index contributed by atoms with van der Waals surface area (Å²) >= 11 is 3.56. The standard InChI is InChI=1S/C12H16BrNO/c1-9-7-14-12(2,15-8-9)10-5-3-4-6-11(10)13/h3-6,9,14H,7-8H2,1-2H3. The Labute approximate surface area is 99.1 Å². The van der Waals surface area contributed by atoms with Crippen molar-refractivity contribution < 1.29 is 4.74 Å². The summed E-state index contributed by atoms with van der Waals surface area (Å²) in [6, 6.07) is 8.19. The van der Waals surface area contributed by atoms with Gasteiger partial charge in [0, 0.05) is 16.6 Å². The Morgan fingerprint density at radius 3 is 2.80 bits per heavy atom. The summed E-state index contributed by atoms with van der Waals surface area (Å²) in [6.45, 7) is 6.08. The Bertz CT molecular complexity index is 345. The van der Waals surface area contributed by atoms with Crippen LogP contribution in [0.1, 0.15) is 19.4 Å². The van der Waals surface area contributed by atoms with E-state index in [1.54, 1.807) is 0 Å². The highest BCUT2D eigenvalue weighted by Crippen LogP contribution is 2.31. The first-order chi connectivity index (χ1) is 7.12. The topological polar surface area (TPSA) is 21.3 Å². The minimum atomic E-state index is -0.355. The summed E-state index contributed by atoms with van der Waals surface area (Å²) in [7, 11) is 0. The quantitative estimate of drug-likeness (QED) is 0.847. The Balaban J connectivity index is 2.26. The molecule has 1 aliphatic heterocycles. The van der Waals surface area contributed by atoms with E-state index >= 15 is 0 Å². The maximum atomic E-state index is 5.90. The maximum absolute atomic E-state index is 5.90. The van der Waals surface area contributed by atoms with E-state index in [4.69, 9.17) is 4.74 Å². The number of rotatable bonds is 1. The van der Waals surface area contributed by atoms with Crippen molar-refractivity contribution in [2.75, 3.05) is 13.2 Å². The second-order valence-corrected chi connectivity index (χ2v) is 5.16. The van der Waals surface area contributed by atoms with E-state index in [0.29, 0.717) is 5.92 Å². The zero-order chi connectivity index (χ0) is 10.9. The lowest BCUT2D eigenvalue weighted by Crippen LogP contribution is -2.50. The first kappa shape index (κ1) is 11.1. The van der Waals surface area contributed by atoms with Gasteiger partial charge in [-0.05, 0) is 18.9 Å². The summed E-state index contributed by atoms with van der Waals surface area (Å²) in [6.07, 6.45) is 0. The molecular weight excluding hydrogens is 254 g/mol. The van der Waals surface area contributed by atoms with Crippen LogP contribution in [-0.4, -0.2) is 13.2 Å². The van der Waals surface area contributed by atoms with Crippen LogP contribution in [0.5, 0.6) is 0 Å². The molecule has 1 N–H and O–H groups in total. The largest absolute Gasteiger partial charge is 0.356 e. The van der Waals surface area contributed by atoms with Crippen LogP contribution < -0.4 is 5.32 Å². The highest BCUT2D eigenvalue weighted by Gasteiger charge is 2.33. The van der Waals surface area contributed by atoms with E-state index in [-0.39, 0.29) is 5.72 Å². The molecular formula is C12H16BrNO. The Hall–Kier alpha value is -0.380. The van der Waals surface area contributed by atoms with Gasteiger partial charge in [-0.15, -0.1) is 0 Å². The fourth-order valence-electron chi connectivity index (χ4n) is 1.81. The predicted molar refractivity (Wildman–Crippen MR) is 64.6 cm³/mol. The second kappa shape index (κ2) is 4.24. The molecule has 82 valence electrons. The van der Waals surface area contributed by atoms with Crippen LogP contribution in [0.25, 0.3) is 0 Å². The summed E-state index contributed by atoms with van der Waals surface area (Å²) in [5, 5.41) is 3.45. The molecule has 0 aliphatic carbocycles. The van der Waals surface area contributed by atoms with Crippen LogP contribution >= 0.6 is 15.9 Å². The van der Waals surface area contributed by atoms with Crippen LogP contribution in [0.2, 0.25) is 0 Å². The molecule has 1 saturated heterocycles. The van der Waals surface area contributed by atoms with Gasteiger partial charge in [-0.1, -0.05) is 41.1 Å². The average Bonchev–Trinajstić information content (AvgIpc) is 2.23. The van der Waals surface area contributed by atoms with Gasteiger partial charge in [0.25, 0.3) is 0 Å². The monoisotopic (exact) mass is 269 g/mol. The van der Waals surface area contributed by atoms with Gasteiger partial charge >= 0.3 is 0 Å². The van der Waals surface area contributed by atoms with Gasteiger partial charge in [-0.2, -0.15) is 0 Å². The van der Waals surface area contributed by atoms with Gasteiger partial charge in [-0.25, -0.2) is 0 Å². The molecule has 0 saturated carbocycles. The normalized spacial score (nSPS) is 31.5. The number of hydrogen-bond donors (Lipinski definition) is 1. The smallest absolute Gasteiger partial charge is 0.143 e. The van der Waals surface area contributed by atoms with Crippen molar-refractivity contribution in [3.63, 3.8) is 0 Å². The van der Waals surface area contributed by atoms with E-state index in [2.05, 4.69) is 41.2 Å². The molecule has 2 nitrogen and oxygen atoms in total. The highest BCUT2D eigenvalue weighted by atomic mass is 79.9. The van der Waals surface area contributed by atoms with Crippen LogP contribution in [0.15, 0.2) is 28.7 Å². The van der Waals surface area contributed by atoms with Crippen molar-refractivity contribution in [3.05, 3.63) is 34.3 Å². The fraction of sp³-hybridized carbons (Fsp3) is 0.500. The van der Waals surface area contributed by atoms with Gasteiger partial charge in [0.2, 0.25) is 0 Å². The Morgan fingerprint density at radius 1 is 1.47 bits per heavy atom. The van der Waals surface area contributed by atoms with E-state index in [1.165, 1.54) is 0 Å². The Morgan fingerprint density at radius 2 is 2.20 bits per heavy atom. The van der Waals surface area contributed by atoms with Crippen molar-refractivity contribution in [2.24, 2.45) is 5.92 Å².